The summed E-state index contributed by atoms with van der Waals surface area (Å²) in [4.78, 5) is 10.5. The quantitative estimate of drug-likeness (QED) is 0.393. The molecule has 0 radical (unpaired) electrons. The van der Waals surface area contributed by atoms with Gasteiger partial charge in [0.25, 0.3) is 0 Å². The molecule has 0 spiro atoms. The first-order valence-electron chi connectivity index (χ1n) is 3.10. The molecule has 0 unspecified atom stereocenters. The Balaban J connectivity index is 3.19. The number of carbonyl (C=O) groups is 1. The van der Waals surface area contributed by atoms with Gasteiger partial charge < -0.3 is 0 Å². The van der Waals surface area contributed by atoms with Crippen molar-refractivity contribution in [2.24, 2.45) is 0 Å². The zero-order valence-electron chi connectivity index (χ0n) is 6.46. The van der Waals surface area contributed by atoms with Crippen LogP contribution in [0.4, 0.5) is 0 Å². The molecular weight excluding hydrogens is 191 g/mol. The minimum absolute atomic E-state index is 0.309. The molecule has 0 fully saturated rings. The third kappa shape index (κ3) is 5.90. The number of rotatable bonds is 4. The summed E-state index contributed by atoms with van der Waals surface area (Å²) in [6, 6.07) is 0. The number of carbonyl (C=O) groups excluding carboxylic acids is 1. The van der Waals surface area contributed by atoms with Crippen LogP contribution in [0.25, 0.3) is 0 Å². The van der Waals surface area contributed by atoms with E-state index in [1.165, 1.54) is 6.08 Å². The van der Waals surface area contributed by atoms with Gasteiger partial charge >= 0.3 is 66.0 Å². The Kier molecular flexibility index (Phi) is 5.42. The van der Waals surface area contributed by atoms with Crippen LogP contribution in [0.1, 0.15) is 0 Å². The van der Waals surface area contributed by atoms with Gasteiger partial charge in [0.2, 0.25) is 0 Å². The molecule has 0 rings (SSSR count). The van der Waals surface area contributed by atoms with Gasteiger partial charge in [-0.2, -0.15) is 0 Å². The van der Waals surface area contributed by atoms with Crippen molar-refractivity contribution in [1.82, 2.24) is 0 Å². The minimum atomic E-state index is -0.609. The summed E-state index contributed by atoms with van der Waals surface area (Å²) in [5.41, 5.74) is 4.46. The molecule has 0 aliphatic heterocycles. The molecule has 0 saturated carbocycles. The predicted octanol–water partition coefficient (Wildman–Crippen LogP) is 1.47. The average Bonchev–Trinajstić information content (AvgIpc) is 1.87. The molecule has 0 saturated heterocycles. The normalized spacial score (nSPS) is 9.50. The van der Waals surface area contributed by atoms with Gasteiger partial charge in [0.1, 0.15) is 0 Å². The Morgan fingerprint density at radius 2 is 2.30 bits per heavy atom. The summed E-state index contributed by atoms with van der Waals surface area (Å²) in [5, 5.41) is 1.06. The van der Waals surface area contributed by atoms with E-state index in [0.717, 1.165) is 5.21 Å². The van der Waals surface area contributed by atoms with Gasteiger partial charge in [-0.25, -0.2) is 0 Å². The summed E-state index contributed by atoms with van der Waals surface area (Å²) in [6.45, 7) is 3.86. The van der Waals surface area contributed by atoms with E-state index in [0.29, 0.717) is 6.61 Å². The molecule has 0 N–H and O–H groups in total. The molecule has 0 heterocycles. The maximum absolute atomic E-state index is 10.5. The second kappa shape index (κ2) is 5.55. The summed E-state index contributed by atoms with van der Waals surface area (Å²) in [6.07, 6.45) is 1.20. The SMILES string of the molecule is C=CC(=O)OCC[As](C)C. The van der Waals surface area contributed by atoms with E-state index in [-0.39, 0.29) is 5.97 Å². The first kappa shape index (κ1) is 9.77. The van der Waals surface area contributed by atoms with Crippen LogP contribution in [0.2, 0.25) is 16.6 Å². The molecule has 0 aliphatic rings. The van der Waals surface area contributed by atoms with Crippen molar-refractivity contribution in [2.45, 2.75) is 16.6 Å². The fourth-order valence-electron chi connectivity index (χ4n) is 0.388. The van der Waals surface area contributed by atoms with Crippen molar-refractivity contribution in [1.29, 1.82) is 0 Å². The third-order valence-electron chi connectivity index (χ3n) is 0.949. The molecule has 0 aromatic carbocycles. The Bertz CT molecular complexity index is 121. The number of hydrogen-bond acceptors (Lipinski definition) is 2. The molecule has 10 heavy (non-hydrogen) atoms. The second-order valence-electron chi connectivity index (χ2n) is 2.17. The van der Waals surface area contributed by atoms with Gasteiger partial charge in [0.15, 0.2) is 0 Å². The first-order valence-corrected chi connectivity index (χ1v) is 8.18. The second-order valence-corrected chi connectivity index (χ2v) is 7.64. The molecule has 0 aliphatic carbocycles. The number of ether oxygens (including phenoxy) is 1. The van der Waals surface area contributed by atoms with Crippen molar-refractivity contribution < 1.29 is 9.53 Å². The summed E-state index contributed by atoms with van der Waals surface area (Å²) in [5.74, 6) is -0.309. The van der Waals surface area contributed by atoms with E-state index in [4.69, 9.17) is 4.74 Å². The van der Waals surface area contributed by atoms with Crippen LogP contribution in [0.15, 0.2) is 12.7 Å². The van der Waals surface area contributed by atoms with Crippen LogP contribution in [0.5, 0.6) is 0 Å². The Labute approximate surface area is 66.5 Å². The van der Waals surface area contributed by atoms with Crippen molar-refractivity contribution in [3.8, 4) is 0 Å². The summed E-state index contributed by atoms with van der Waals surface area (Å²) >= 11 is -0.609. The molecule has 58 valence electrons. The zero-order chi connectivity index (χ0) is 7.98. The molecule has 0 aromatic heterocycles. The van der Waals surface area contributed by atoms with Crippen LogP contribution < -0.4 is 0 Å². The molecular formula is C7H13AsO2. The molecule has 0 bridgehead atoms. The fraction of sp³-hybridized carbons (Fsp3) is 0.571. The summed E-state index contributed by atoms with van der Waals surface area (Å²) < 4.78 is 4.78. The molecule has 0 aromatic rings. The monoisotopic (exact) mass is 204 g/mol. The molecule has 0 atom stereocenters. The van der Waals surface area contributed by atoms with Crippen LogP contribution in [-0.4, -0.2) is 27.2 Å². The van der Waals surface area contributed by atoms with Crippen LogP contribution in [-0.2, 0) is 9.53 Å². The van der Waals surface area contributed by atoms with Gasteiger partial charge in [-0.1, -0.05) is 0 Å². The van der Waals surface area contributed by atoms with E-state index in [2.05, 4.69) is 18.0 Å². The average molecular weight is 204 g/mol. The number of esters is 1. The number of hydrogen-bond donors (Lipinski definition) is 0. The van der Waals surface area contributed by atoms with Gasteiger partial charge in [-0.3, -0.25) is 0 Å². The Morgan fingerprint density at radius 1 is 1.70 bits per heavy atom. The topological polar surface area (TPSA) is 26.3 Å². The van der Waals surface area contributed by atoms with Crippen molar-refractivity contribution >= 4 is 20.6 Å². The van der Waals surface area contributed by atoms with E-state index in [1.54, 1.807) is 0 Å². The molecule has 0 amide bonds. The predicted molar refractivity (Wildman–Crippen MR) is 43.4 cm³/mol. The standard InChI is InChI=1S/C7H13AsO2/c1-4-7(9)10-6-5-8(2)3/h4H,1,5-6H2,2-3H3. The third-order valence-corrected chi connectivity index (χ3v) is 3.21. The van der Waals surface area contributed by atoms with Crippen molar-refractivity contribution in [2.75, 3.05) is 6.61 Å². The van der Waals surface area contributed by atoms with Crippen molar-refractivity contribution in [3.63, 3.8) is 0 Å². The summed E-state index contributed by atoms with van der Waals surface area (Å²) in [7, 11) is 0. The fourth-order valence-corrected chi connectivity index (χ4v) is 1.35. The van der Waals surface area contributed by atoms with Gasteiger partial charge in [0, 0.05) is 0 Å². The van der Waals surface area contributed by atoms with E-state index < -0.39 is 14.7 Å². The van der Waals surface area contributed by atoms with Gasteiger partial charge in [0.05, 0.1) is 0 Å². The Morgan fingerprint density at radius 3 is 2.70 bits per heavy atom. The van der Waals surface area contributed by atoms with Crippen molar-refractivity contribution in [3.05, 3.63) is 12.7 Å². The van der Waals surface area contributed by atoms with E-state index >= 15 is 0 Å². The van der Waals surface area contributed by atoms with Gasteiger partial charge in [-0.15, -0.1) is 0 Å². The molecule has 3 heteroatoms. The maximum atomic E-state index is 10.5. The van der Waals surface area contributed by atoms with E-state index in [1.807, 2.05) is 0 Å². The van der Waals surface area contributed by atoms with E-state index in [9.17, 15) is 4.79 Å². The zero-order valence-corrected chi connectivity index (χ0v) is 8.34. The molecule has 2 nitrogen and oxygen atoms in total. The van der Waals surface area contributed by atoms with Gasteiger partial charge in [-0.05, 0) is 0 Å². The first-order chi connectivity index (χ1) is 4.66. The van der Waals surface area contributed by atoms with Crippen LogP contribution >= 0.6 is 0 Å². The van der Waals surface area contributed by atoms with Crippen LogP contribution in [0, 0.1) is 0 Å². The van der Waals surface area contributed by atoms with Crippen LogP contribution in [0.3, 0.4) is 0 Å². The Hall–Kier alpha value is -0.232.